The molecule has 6 nitrogen and oxygen atoms in total. The number of amides is 1. The topological polar surface area (TPSA) is 54.3 Å². The molecule has 2 fully saturated rings. The number of nitrogens with zero attached hydrogens (tertiary/aromatic N) is 5. The molecule has 2 aromatic rings. The Morgan fingerprint density at radius 1 is 1.11 bits per heavy atom. The van der Waals surface area contributed by atoms with E-state index in [9.17, 15) is 4.79 Å². The van der Waals surface area contributed by atoms with Gasteiger partial charge in [-0.2, -0.15) is 5.10 Å². The second-order valence-corrected chi connectivity index (χ2v) is 7.84. The van der Waals surface area contributed by atoms with Crippen molar-refractivity contribution in [3.05, 3.63) is 35.8 Å². The van der Waals surface area contributed by atoms with Gasteiger partial charge in [-0.3, -0.25) is 4.79 Å². The number of carbonyl (C=O) groups is 1. The molecule has 1 amide bonds. The number of aryl methyl sites for hydroxylation is 1. The van der Waals surface area contributed by atoms with Crippen molar-refractivity contribution in [2.45, 2.75) is 46.0 Å². The molecule has 0 atom stereocenters. The van der Waals surface area contributed by atoms with Crippen molar-refractivity contribution < 1.29 is 4.79 Å². The maximum atomic E-state index is 12.6. The predicted molar refractivity (Wildman–Crippen MR) is 106 cm³/mol. The first-order chi connectivity index (χ1) is 13.1. The second-order valence-electron chi connectivity index (χ2n) is 7.84. The van der Waals surface area contributed by atoms with E-state index in [1.165, 1.54) is 31.4 Å². The molecule has 0 spiro atoms. The molecule has 0 radical (unpaired) electrons. The summed E-state index contributed by atoms with van der Waals surface area (Å²) < 4.78 is 1.92. The lowest BCUT2D eigenvalue weighted by Gasteiger charge is -2.36. The molecular weight excluding hydrogens is 338 g/mol. The van der Waals surface area contributed by atoms with Crippen molar-refractivity contribution in [3.8, 4) is 5.82 Å². The number of rotatable bonds is 4. The van der Waals surface area contributed by atoms with Crippen molar-refractivity contribution in [2.75, 3.05) is 31.1 Å². The highest BCUT2D eigenvalue weighted by Crippen LogP contribution is 2.29. The minimum atomic E-state index is 0.346. The van der Waals surface area contributed by atoms with Gasteiger partial charge < -0.3 is 9.80 Å². The van der Waals surface area contributed by atoms with E-state index < -0.39 is 0 Å². The number of anilines is 1. The Bertz CT molecular complexity index is 786. The Morgan fingerprint density at radius 2 is 1.85 bits per heavy atom. The first-order valence-electron chi connectivity index (χ1n) is 10.1. The fourth-order valence-electron chi connectivity index (χ4n) is 4.56. The molecule has 0 aromatic carbocycles. The normalized spacial score (nSPS) is 18.3. The Hall–Kier alpha value is -2.37. The summed E-state index contributed by atoms with van der Waals surface area (Å²) in [5.74, 6) is 1.81. The quantitative estimate of drug-likeness (QED) is 0.833. The summed E-state index contributed by atoms with van der Waals surface area (Å²) in [6, 6.07) is 5.87. The van der Waals surface area contributed by atoms with Crippen LogP contribution in [0.5, 0.6) is 0 Å². The zero-order chi connectivity index (χ0) is 18.8. The summed E-state index contributed by atoms with van der Waals surface area (Å²) in [5.41, 5.74) is 3.31. The highest BCUT2D eigenvalue weighted by Gasteiger charge is 2.27. The first-order valence-corrected chi connectivity index (χ1v) is 10.1. The number of hydrogen-bond donors (Lipinski definition) is 0. The molecule has 4 rings (SSSR count). The Morgan fingerprint density at radius 3 is 2.52 bits per heavy atom. The lowest BCUT2D eigenvalue weighted by atomic mass is 10.0. The Kier molecular flexibility index (Phi) is 5.14. The van der Waals surface area contributed by atoms with Crippen molar-refractivity contribution in [3.63, 3.8) is 0 Å². The summed E-state index contributed by atoms with van der Waals surface area (Å²) in [5, 5.41) is 4.71. The molecule has 144 valence electrons. The van der Waals surface area contributed by atoms with E-state index in [4.69, 9.17) is 5.10 Å². The summed E-state index contributed by atoms with van der Waals surface area (Å²) >= 11 is 0. The van der Waals surface area contributed by atoms with Crippen LogP contribution in [0.25, 0.3) is 5.82 Å². The summed E-state index contributed by atoms with van der Waals surface area (Å²) in [4.78, 5) is 21.5. The minimum absolute atomic E-state index is 0.346. The Labute approximate surface area is 161 Å². The molecule has 3 heterocycles. The van der Waals surface area contributed by atoms with E-state index >= 15 is 0 Å². The van der Waals surface area contributed by atoms with Gasteiger partial charge in [-0.25, -0.2) is 9.67 Å². The fraction of sp³-hybridized carbons (Fsp3) is 0.571. The van der Waals surface area contributed by atoms with Crippen LogP contribution in [-0.2, 0) is 4.79 Å². The number of pyridine rings is 1. The molecule has 0 N–H and O–H groups in total. The van der Waals surface area contributed by atoms with Gasteiger partial charge >= 0.3 is 0 Å². The van der Waals surface area contributed by atoms with Crippen LogP contribution in [0, 0.1) is 19.8 Å². The largest absolute Gasteiger partial charge is 0.365 e. The Balaban J connectivity index is 1.42. The van der Waals surface area contributed by atoms with Crippen molar-refractivity contribution in [1.82, 2.24) is 19.7 Å². The van der Waals surface area contributed by atoms with Gasteiger partial charge in [0.25, 0.3) is 0 Å². The third-order valence-corrected chi connectivity index (χ3v) is 6.01. The van der Waals surface area contributed by atoms with Crippen LogP contribution in [0.2, 0.25) is 0 Å². The van der Waals surface area contributed by atoms with Gasteiger partial charge in [-0.05, 0) is 44.7 Å². The monoisotopic (exact) mass is 367 g/mol. The lowest BCUT2D eigenvalue weighted by molar-refractivity contribution is -0.132. The fourth-order valence-corrected chi connectivity index (χ4v) is 4.56. The summed E-state index contributed by atoms with van der Waals surface area (Å²) in [7, 11) is 0. The predicted octanol–water partition coefficient (Wildman–Crippen LogP) is 3.11. The first kappa shape index (κ1) is 18.0. The van der Waals surface area contributed by atoms with Crippen LogP contribution in [0.4, 0.5) is 5.69 Å². The van der Waals surface area contributed by atoms with Crippen molar-refractivity contribution >= 4 is 11.6 Å². The van der Waals surface area contributed by atoms with Crippen LogP contribution in [-0.4, -0.2) is 51.8 Å². The molecule has 0 bridgehead atoms. The zero-order valence-corrected chi connectivity index (χ0v) is 16.4. The minimum Gasteiger partial charge on any atom is -0.365 e. The van der Waals surface area contributed by atoms with Gasteiger partial charge in [0.05, 0.1) is 17.1 Å². The van der Waals surface area contributed by atoms with Gasteiger partial charge in [-0.15, -0.1) is 0 Å². The number of carbonyl (C=O) groups excluding carboxylic acids is 1. The molecule has 2 aliphatic rings. The average molecular weight is 367 g/mol. The molecule has 1 aliphatic heterocycles. The average Bonchev–Trinajstić information content (AvgIpc) is 3.30. The van der Waals surface area contributed by atoms with Gasteiger partial charge in [0, 0.05) is 38.8 Å². The van der Waals surface area contributed by atoms with Crippen LogP contribution >= 0.6 is 0 Å². The molecule has 6 heteroatoms. The maximum absolute atomic E-state index is 12.6. The summed E-state index contributed by atoms with van der Waals surface area (Å²) in [6.45, 7) is 7.50. The van der Waals surface area contributed by atoms with Crippen LogP contribution in [0.3, 0.4) is 0 Å². The second kappa shape index (κ2) is 7.71. The lowest BCUT2D eigenvalue weighted by Crippen LogP contribution is -2.49. The highest BCUT2D eigenvalue weighted by atomic mass is 16.2. The molecule has 0 unspecified atom stereocenters. The zero-order valence-electron chi connectivity index (χ0n) is 16.4. The molecule has 1 saturated carbocycles. The number of piperazine rings is 1. The molecule has 2 aromatic heterocycles. The van der Waals surface area contributed by atoms with E-state index in [1.54, 1.807) is 6.20 Å². The van der Waals surface area contributed by atoms with E-state index in [0.717, 1.165) is 49.8 Å². The standard InChI is InChI=1S/C21H29N5O/c1-16-21(17(2)26(23-16)19-9-5-6-10-22-19)25-13-11-24(12-14-25)20(27)15-18-7-3-4-8-18/h5-6,9-10,18H,3-4,7-8,11-15H2,1-2H3. The van der Waals surface area contributed by atoms with Gasteiger partial charge in [0.15, 0.2) is 5.82 Å². The van der Waals surface area contributed by atoms with E-state index in [0.29, 0.717) is 11.8 Å². The summed E-state index contributed by atoms with van der Waals surface area (Å²) in [6.07, 6.45) is 7.60. The SMILES string of the molecule is Cc1nn(-c2ccccn2)c(C)c1N1CCN(C(=O)CC2CCCC2)CC1. The molecule has 1 saturated heterocycles. The van der Waals surface area contributed by atoms with E-state index in [1.807, 2.05) is 22.9 Å². The van der Waals surface area contributed by atoms with E-state index in [2.05, 4.69) is 28.6 Å². The van der Waals surface area contributed by atoms with Crippen molar-refractivity contribution in [2.24, 2.45) is 5.92 Å². The van der Waals surface area contributed by atoms with Crippen molar-refractivity contribution in [1.29, 1.82) is 0 Å². The smallest absolute Gasteiger partial charge is 0.222 e. The third kappa shape index (κ3) is 3.70. The maximum Gasteiger partial charge on any atom is 0.222 e. The number of aromatic nitrogens is 3. The number of hydrogen-bond acceptors (Lipinski definition) is 4. The van der Waals surface area contributed by atoms with Gasteiger partial charge in [-0.1, -0.05) is 18.9 Å². The molecule has 1 aliphatic carbocycles. The third-order valence-electron chi connectivity index (χ3n) is 6.01. The van der Waals surface area contributed by atoms with Crippen LogP contribution in [0.15, 0.2) is 24.4 Å². The van der Waals surface area contributed by atoms with Crippen LogP contribution < -0.4 is 4.90 Å². The van der Waals surface area contributed by atoms with Gasteiger partial charge in [0.2, 0.25) is 5.91 Å². The highest BCUT2D eigenvalue weighted by molar-refractivity contribution is 5.77. The molecule has 27 heavy (non-hydrogen) atoms. The van der Waals surface area contributed by atoms with Crippen LogP contribution in [0.1, 0.15) is 43.5 Å². The molecular formula is C21H29N5O. The van der Waals surface area contributed by atoms with E-state index in [-0.39, 0.29) is 0 Å². The van der Waals surface area contributed by atoms with Gasteiger partial charge in [0.1, 0.15) is 0 Å².